The van der Waals surface area contributed by atoms with Gasteiger partial charge >= 0.3 is 0 Å². The van der Waals surface area contributed by atoms with Crippen LogP contribution >= 0.6 is 0 Å². The Bertz CT molecular complexity index is 875. The van der Waals surface area contributed by atoms with E-state index in [9.17, 15) is 10.2 Å². The molecule has 2 N–H and O–H groups in total. The summed E-state index contributed by atoms with van der Waals surface area (Å²) in [6, 6.07) is 15.5. The van der Waals surface area contributed by atoms with Crippen LogP contribution < -0.4 is 0 Å². The Morgan fingerprint density at radius 2 is 0.480 bits per heavy atom. The second kappa shape index (κ2) is 36.8. The van der Waals surface area contributed by atoms with Crippen molar-refractivity contribution in [1.29, 1.82) is 0 Å². The number of hydrogen-bond donors (Lipinski definition) is 2. The molecule has 50 heavy (non-hydrogen) atoms. The first-order chi connectivity index (χ1) is 24.7. The molecule has 0 amide bonds. The molecule has 0 aliphatic carbocycles. The lowest BCUT2D eigenvalue weighted by Gasteiger charge is -2.05. The molecule has 0 aromatic heterocycles. The topological polar surface area (TPSA) is 40.5 Å². The van der Waals surface area contributed by atoms with Crippen LogP contribution in [0.25, 0.3) is 0 Å². The van der Waals surface area contributed by atoms with Gasteiger partial charge in [0.1, 0.15) is 11.5 Å². The Kier molecular flexibility index (Phi) is 33.9. The fourth-order valence-electron chi connectivity index (χ4n) is 7.17. The van der Waals surface area contributed by atoms with E-state index in [4.69, 9.17) is 0 Å². The molecule has 0 fully saturated rings. The normalized spacial score (nSPS) is 11.1. The number of rotatable bonds is 34. The van der Waals surface area contributed by atoms with Gasteiger partial charge < -0.3 is 10.2 Å². The molecule has 0 radical (unpaired) electrons. The standard InChI is InChI=1S/2C24H42O/c2*1-2-3-4-5-6-7-8-9-10-11-12-13-14-15-16-17-20-23-21-18-19-22-24(23)25/h2*18-19,21-22,25H,2-17,20H2,1H3. The predicted molar refractivity (Wildman–Crippen MR) is 223 cm³/mol. The van der Waals surface area contributed by atoms with Gasteiger partial charge in [-0.15, -0.1) is 0 Å². The minimum Gasteiger partial charge on any atom is -0.508 e. The van der Waals surface area contributed by atoms with Gasteiger partial charge in [-0.25, -0.2) is 0 Å². The van der Waals surface area contributed by atoms with Crippen molar-refractivity contribution in [3.8, 4) is 11.5 Å². The predicted octanol–water partition coefficient (Wildman–Crippen LogP) is 16.4. The van der Waals surface area contributed by atoms with Crippen LogP contribution in [0.2, 0.25) is 0 Å². The Balaban J connectivity index is 0.000000500. The van der Waals surface area contributed by atoms with Crippen molar-refractivity contribution >= 4 is 0 Å². The second-order valence-corrected chi connectivity index (χ2v) is 15.4. The number of para-hydroxylation sites is 2. The van der Waals surface area contributed by atoms with E-state index in [-0.39, 0.29) is 0 Å². The molecular formula is C48H84O2. The van der Waals surface area contributed by atoms with Gasteiger partial charge in [0.25, 0.3) is 0 Å². The Morgan fingerprint density at radius 3 is 0.700 bits per heavy atom. The zero-order valence-corrected chi connectivity index (χ0v) is 33.6. The lowest BCUT2D eigenvalue weighted by Crippen LogP contribution is -1.87. The highest BCUT2D eigenvalue weighted by molar-refractivity contribution is 5.32. The van der Waals surface area contributed by atoms with Crippen LogP contribution in [0.4, 0.5) is 0 Å². The van der Waals surface area contributed by atoms with E-state index >= 15 is 0 Å². The SMILES string of the molecule is CCCCCCCCCCCCCCCCCCc1ccccc1O.CCCCCCCCCCCCCCCCCCc1ccccc1O. The highest BCUT2D eigenvalue weighted by Gasteiger charge is 2.01. The van der Waals surface area contributed by atoms with Gasteiger partial charge in [0, 0.05) is 0 Å². The van der Waals surface area contributed by atoms with Crippen molar-refractivity contribution in [2.75, 3.05) is 0 Å². The molecule has 0 heterocycles. The summed E-state index contributed by atoms with van der Waals surface area (Å²) in [4.78, 5) is 0. The van der Waals surface area contributed by atoms with Crippen LogP contribution in [-0.2, 0) is 12.8 Å². The molecule has 0 bridgehead atoms. The van der Waals surface area contributed by atoms with Crippen LogP contribution in [0.3, 0.4) is 0 Å². The highest BCUT2D eigenvalue weighted by Crippen LogP contribution is 2.21. The van der Waals surface area contributed by atoms with E-state index in [1.54, 1.807) is 12.1 Å². The molecule has 288 valence electrons. The van der Waals surface area contributed by atoms with Gasteiger partial charge in [-0.05, 0) is 48.9 Å². The fourth-order valence-corrected chi connectivity index (χ4v) is 7.17. The zero-order chi connectivity index (χ0) is 36.0. The smallest absolute Gasteiger partial charge is 0.118 e. The van der Waals surface area contributed by atoms with Crippen molar-refractivity contribution in [3.05, 3.63) is 59.7 Å². The third-order valence-electron chi connectivity index (χ3n) is 10.6. The van der Waals surface area contributed by atoms with Crippen LogP contribution in [0, 0.1) is 0 Å². The summed E-state index contributed by atoms with van der Waals surface area (Å²) in [7, 11) is 0. The fraction of sp³-hybridized carbons (Fsp3) is 0.750. The van der Waals surface area contributed by atoms with E-state index < -0.39 is 0 Å². The number of phenols is 2. The van der Waals surface area contributed by atoms with Crippen LogP contribution in [-0.4, -0.2) is 10.2 Å². The Hall–Kier alpha value is -1.96. The van der Waals surface area contributed by atoms with Crippen molar-refractivity contribution in [2.45, 2.75) is 232 Å². The maximum atomic E-state index is 9.74. The summed E-state index contributed by atoms with van der Waals surface area (Å²) in [5.74, 6) is 0.923. The first-order valence-electron chi connectivity index (χ1n) is 22.2. The molecule has 0 aliphatic heterocycles. The molecule has 0 saturated carbocycles. The first-order valence-corrected chi connectivity index (χ1v) is 22.2. The lowest BCUT2D eigenvalue weighted by molar-refractivity contribution is 0.465. The van der Waals surface area contributed by atoms with Crippen molar-refractivity contribution in [3.63, 3.8) is 0 Å². The minimum atomic E-state index is 0.462. The number of aromatic hydroxyl groups is 2. The van der Waals surface area contributed by atoms with Crippen LogP contribution in [0.1, 0.15) is 230 Å². The van der Waals surface area contributed by atoms with Gasteiger partial charge in [0.2, 0.25) is 0 Å². The van der Waals surface area contributed by atoms with Crippen LogP contribution in [0.5, 0.6) is 11.5 Å². The molecule has 0 unspecified atom stereocenters. The number of aryl methyl sites for hydroxylation is 2. The van der Waals surface area contributed by atoms with E-state index in [0.717, 1.165) is 24.0 Å². The minimum absolute atomic E-state index is 0.462. The van der Waals surface area contributed by atoms with Gasteiger partial charge in [-0.1, -0.05) is 243 Å². The summed E-state index contributed by atoms with van der Waals surface area (Å²) in [6.45, 7) is 4.58. The number of benzene rings is 2. The van der Waals surface area contributed by atoms with E-state index in [0.29, 0.717) is 11.5 Å². The molecule has 0 atom stereocenters. The first kappa shape index (κ1) is 46.1. The highest BCUT2D eigenvalue weighted by atomic mass is 16.3. The van der Waals surface area contributed by atoms with E-state index in [1.807, 2.05) is 36.4 Å². The van der Waals surface area contributed by atoms with Crippen LogP contribution in [0.15, 0.2) is 48.5 Å². The van der Waals surface area contributed by atoms with Crippen molar-refractivity contribution < 1.29 is 10.2 Å². The third kappa shape index (κ3) is 29.7. The lowest BCUT2D eigenvalue weighted by atomic mass is 10.0. The molecule has 2 heteroatoms. The number of phenolic OH excluding ortho intramolecular Hbond substituents is 2. The van der Waals surface area contributed by atoms with Gasteiger partial charge in [-0.2, -0.15) is 0 Å². The molecule has 2 nitrogen and oxygen atoms in total. The van der Waals surface area contributed by atoms with Gasteiger partial charge in [-0.3, -0.25) is 0 Å². The third-order valence-corrected chi connectivity index (χ3v) is 10.6. The summed E-state index contributed by atoms with van der Waals surface area (Å²) >= 11 is 0. The molecule has 0 saturated heterocycles. The maximum Gasteiger partial charge on any atom is 0.118 e. The van der Waals surface area contributed by atoms with Gasteiger partial charge in [0.05, 0.1) is 0 Å². The summed E-state index contributed by atoms with van der Waals surface area (Å²) in [6.07, 6.45) is 47.0. The molecule has 0 aliphatic rings. The van der Waals surface area contributed by atoms with Crippen molar-refractivity contribution in [2.24, 2.45) is 0 Å². The molecule has 2 rings (SSSR count). The molecule has 0 spiro atoms. The van der Waals surface area contributed by atoms with E-state index in [1.165, 1.54) is 205 Å². The molecular weight excluding hydrogens is 609 g/mol. The summed E-state index contributed by atoms with van der Waals surface area (Å²) < 4.78 is 0. The second-order valence-electron chi connectivity index (χ2n) is 15.4. The molecule has 2 aromatic rings. The van der Waals surface area contributed by atoms with Crippen molar-refractivity contribution in [1.82, 2.24) is 0 Å². The zero-order valence-electron chi connectivity index (χ0n) is 33.6. The van der Waals surface area contributed by atoms with E-state index in [2.05, 4.69) is 13.8 Å². The summed E-state index contributed by atoms with van der Waals surface area (Å²) in [5, 5.41) is 19.5. The van der Waals surface area contributed by atoms with Gasteiger partial charge in [0.15, 0.2) is 0 Å². The average Bonchev–Trinajstić information content (AvgIpc) is 3.13. The number of hydrogen-bond acceptors (Lipinski definition) is 2. The summed E-state index contributed by atoms with van der Waals surface area (Å²) in [5.41, 5.74) is 2.21. The maximum absolute atomic E-state index is 9.74. The average molecular weight is 693 g/mol. The molecule has 2 aromatic carbocycles. The quantitative estimate of drug-likeness (QED) is 0.0717. The largest absolute Gasteiger partial charge is 0.508 e. The monoisotopic (exact) mass is 693 g/mol. The Morgan fingerprint density at radius 1 is 0.280 bits per heavy atom. The Labute approximate surface area is 312 Å². The number of unbranched alkanes of at least 4 members (excludes halogenated alkanes) is 30.